The van der Waals surface area contributed by atoms with Gasteiger partial charge in [0.15, 0.2) is 0 Å². The first kappa shape index (κ1) is 7.74. The smallest absolute Gasteiger partial charge is 0.326 e. The summed E-state index contributed by atoms with van der Waals surface area (Å²) in [7, 11) is 0. The lowest BCUT2D eigenvalue weighted by Crippen LogP contribution is -2.31. The second-order valence-electron chi connectivity index (χ2n) is 1.99. The third-order valence-corrected chi connectivity index (χ3v) is 1.16. The number of hydrogen-bond donors (Lipinski definition) is 2. The van der Waals surface area contributed by atoms with Gasteiger partial charge in [0.2, 0.25) is 0 Å². The summed E-state index contributed by atoms with van der Waals surface area (Å²) in [6, 6.07) is -0.201. The lowest BCUT2D eigenvalue weighted by molar-refractivity contribution is 0.242. The highest BCUT2D eigenvalue weighted by Crippen LogP contribution is 1.82. The molecule has 5 heteroatoms. The number of amides is 1. The molecule has 0 spiro atoms. The van der Waals surface area contributed by atoms with Crippen LogP contribution >= 0.6 is 0 Å². The van der Waals surface area contributed by atoms with Crippen molar-refractivity contribution < 1.29 is 4.79 Å². The number of nitrogens with two attached hydrogens (primary N) is 1. The van der Waals surface area contributed by atoms with Crippen LogP contribution in [0.2, 0.25) is 0 Å². The summed E-state index contributed by atoms with van der Waals surface area (Å²) in [5.74, 6) is 0. The zero-order valence-electron chi connectivity index (χ0n) is 6.03. The van der Waals surface area contributed by atoms with Gasteiger partial charge in [-0.1, -0.05) is 0 Å². The number of carbonyl (C=O) groups excluding carboxylic acids is 1. The van der Waals surface area contributed by atoms with E-state index in [0.717, 1.165) is 0 Å². The van der Waals surface area contributed by atoms with Gasteiger partial charge in [-0.3, -0.25) is 4.57 Å². The summed E-state index contributed by atoms with van der Waals surface area (Å²) >= 11 is 0. The highest BCUT2D eigenvalue weighted by Gasteiger charge is 1.99. The van der Waals surface area contributed by atoms with Crippen molar-refractivity contribution in [2.75, 3.05) is 13.1 Å². The maximum atomic E-state index is 11.0. The van der Waals surface area contributed by atoms with E-state index in [0.29, 0.717) is 13.1 Å². The molecule has 1 aromatic heterocycles. The number of carbonyl (C=O) groups is 1. The van der Waals surface area contributed by atoms with E-state index in [4.69, 9.17) is 5.73 Å². The van der Waals surface area contributed by atoms with E-state index in [1.807, 2.05) is 0 Å². The number of hydrogen-bond acceptors (Lipinski definition) is 3. The zero-order valence-corrected chi connectivity index (χ0v) is 6.03. The zero-order chi connectivity index (χ0) is 8.10. The first-order valence-electron chi connectivity index (χ1n) is 3.31. The molecule has 0 atom stereocenters. The molecule has 0 fully saturated rings. The molecule has 0 unspecified atom stereocenters. The largest absolute Gasteiger partial charge is 0.336 e. The van der Waals surface area contributed by atoms with Gasteiger partial charge < -0.3 is 11.1 Å². The Morgan fingerprint density at radius 3 is 3.09 bits per heavy atom. The molecule has 0 bridgehead atoms. The highest BCUT2D eigenvalue weighted by atomic mass is 16.2. The first-order chi connectivity index (χ1) is 5.34. The molecule has 0 saturated heterocycles. The van der Waals surface area contributed by atoms with Crippen LogP contribution in [-0.2, 0) is 0 Å². The van der Waals surface area contributed by atoms with Crippen molar-refractivity contribution in [2.45, 2.75) is 0 Å². The lowest BCUT2D eigenvalue weighted by atomic mass is 10.6. The molecule has 1 rings (SSSR count). The number of nitrogens with zero attached hydrogens (tertiary/aromatic N) is 2. The van der Waals surface area contributed by atoms with Gasteiger partial charge in [0.25, 0.3) is 0 Å². The molecule has 60 valence electrons. The number of nitrogens with one attached hydrogen (secondary N) is 1. The van der Waals surface area contributed by atoms with Gasteiger partial charge in [-0.25, -0.2) is 9.78 Å². The van der Waals surface area contributed by atoms with E-state index in [1.54, 1.807) is 12.4 Å². The third-order valence-electron chi connectivity index (χ3n) is 1.16. The van der Waals surface area contributed by atoms with E-state index in [9.17, 15) is 4.79 Å². The molecule has 0 aliphatic heterocycles. The summed E-state index contributed by atoms with van der Waals surface area (Å²) in [6.45, 7) is 0.928. The van der Waals surface area contributed by atoms with Crippen molar-refractivity contribution >= 4 is 6.03 Å². The monoisotopic (exact) mass is 154 g/mol. The molecule has 11 heavy (non-hydrogen) atoms. The molecule has 0 aliphatic rings. The summed E-state index contributed by atoms with van der Waals surface area (Å²) in [5, 5.41) is 2.59. The quantitative estimate of drug-likeness (QED) is 0.597. The topological polar surface area (TPSA) is 72.9 Å². The molecule has 1 aromatic rings. The summed E-state index contributed by atoms with van der Waals surface area (Å²) in [5.41, 5.74) is 5.19. The van der Waals surface area contributed by atoms with Gasteiger partial charge in [-0.2, -0.15) is 0 Å². The standard InChI is InChI=1S/C6H10N4O/c7-1-2-9-6(11)10-4-3-8-5-10/h3-5H,1-2,7H2,(H,9,11). The normalized spacial score (nSPS) is 9.55. The Labute approximate surface area is 64.2 Å². The van der Waals surface area contributed by atoms with Crippen LogP contribution in [-0.4, -0.2) is 28.7 Å². The molecule has 0 aromatic carbocycles. The summed E-state index contributed by atoms with van der Waals surface area (Å²) in [6.07, 6.45) is 4.56. The SMILES string of the molecule is NCCNC(=O)n1ccnc1. The Kier molecular flexibility index (Phi) is 2.62. The van der Waals surface area contributed by atoms with E-state index in [1.165, 1.54) is 10.9 Å². The van der Waals surface area contributed by atoms with Gasteiger partial charge in [-0.15, -0.1) is 0 Å². The molecule has 1 heterocycles. The predicted molar refractivity (Wildman–Crippen MR) is 40.1 cm³/mol. The second kappa shape index (κ2) is 3.72. The van der Waals surface area contributed by atoms with Gasteiger partial charge in [0.05, 0.1) is 0 Å². The maximum Gasteiger partial charge on any atom is 0.326 e. The van der Waals surface area contributed by atoms with Crippen molar-refractivity contribution in [2.24, 2.45) is 5.73 Å². The molecule has 1 amide bonds. The molecule has 5 nitrogen and oxygen atoms in total. The van der Waals surface area contributed by atoms with Crippen molar-refractivity contribution in [3.05, 3.63) is 18.7 Å². The molecular weight excluding hydrogens is 144 g/mol. The van der Waals surface area contributed by atoms with Crippen molar-refractivity contribution in [1.29, 1.82) is 0 Å². The van der Waals surface area contributed by atoms with Crippen LogP contribution in [0.3, 0.4) is 0 Å². The molecule has 0 radical (unpaired) electrons. The summed E-state index contributed by atoms with van der Waals surface area (Å²) in [4.78, 5) is 14.7. The average molecular weight is 154 g/mol. The Hall–Kier alpha value is -1.36. The van der Waals surface area contributed by atoms with Crippen LogP contribution in [0.5, 0.6) is 0 Å². The van der Waals surface area contributed by atoms with E-state index in [2.05, 4.69) is 10.3 Å². The molecular formula is C6H10N4O. The van der Waals surface area contributed by atoms with E-state index < -0.39 is 0 Å². The van der Waals surface area contributed by atoms with Crippen molar-refractivity contribution in [1.82, 2.24) is 14.9 Å². The van der Waals surface area contributed by atoms with Gasteiger partial charge in [0, 0.05) is 25.5 Å². The average Bonchev–Trinajstić information content (AvgIpc) is 2.52. The predicted octanol–water partition coefficient (Wildman–Crippen LogP) is -0.600. The van der Waals surface area contributed by atoms with Crippen LogP contribution in [0.4, 0.5) is 4.79 Å². The second-order valence-corrected chi connectivity index (χ2v) is 1.99. The van der Waals surface area contributed by atoms with Crippen molar-refractivity contribution in [3.63, 3.8) is 0 Å². The Morgan fingerprint density at radius 2 is 2.55 bits per heavy atom. The van der Waals surface area contributed by atoms with Crippen molar-refractivity contribution in [3.8, 4) is 0 Å². The van der Waals surface area contributed by atoms with Crippen LogP contribution < -0.4 is 11.1 Å². The van der Waals surface area contributed by atoms with Crippen LogP contribution in [0.25, 0.3) is 0 Å². The van der Waals surface area contributed by atoms with Crippen LogP contribution in [0, 0.1) is 0 Å². The number of imidazole rings is 1. The van der Waals surface area contributed by atoms with Gasteiger partial charge >= 0.3 is 6.03 Å². The fraction of sp³-hybridized carbons (Fsp3) is 0.333. The lowest BCUT2D eigenvalue weighted by Gasteiger charge is -2.01. The summed E-state index contributed by atoms with van der Waals surface area (Å²) < 4.78 is 1.36. The Morgan fingerprint density at radius 1 is 1.73 bits per heavy atom. The highest BCUT2D eigenvalue weighted by molar-refractivity contribution is 5.76. The van der Waals surface area contributed by atoms with Crippen LogP contribution in [0.1, 0.15) is 0 Å². The third kappa shape index (κ3) is 2.05. The molecule has 0 saturated carbocycles. The van der Waals surface area contributed by atoms with E-state index in [-0.39, 0.29) is 6.03 Å². The number of aromatic nitrogens is 2. The molecule has 0 aliphatic carbocycles. The number of rotatable bonds is 2. The van der Waals surface area contributed by atoms with E-state index >= 15 is 0 Å². The van der Waals surface area contributed by atoms with Gasteiger partial charge in [0.1, 0.15) is 6.33 Å². The maximum absolute atomic E-state index is 11.0. The van der Waals surface area contributed by atoms with Gasteiger partial charge in [-0.05, 0) is 0 Å². The minimum atomic E-state index is -0.201. The minimum absolute atomic E-state index is 0.201. The first-order valence-corrected chi connectivity index (χ1v) is 3.31. The minimum Gasteiger partial charge on any atom is -0.336 e. The van der Waals surface area contributed by atoms with Crippen LogP contribution in [0.15, 0.2) is 18.7 Å². The molecule has 3 N–H and O–H groups in total. The fourth-order valence-electron chi connectivity index (χ4n) is 0.650. The Bertz CT molecular complexity index is 218. The fourth-order valence-corrected chi connectivity index (χ4v) is 0.650. The Balaban J connectivity index is 2.43.